The molecule has 5 rings (SSSR count). The summed E-state index contributed by atoms with van der Waals surface area (Å²) < 4.78 is 7.25. The molecule has 0 radical (unpaired) electrons. The van der Waals surface area contributed by atoms with Gasteiger partial charge in [0.25, 0.3) is 0 Å². The number of halogens is 1. The minimum absolute atomic E-state index is 0.275. The summed E-state index contributed by atoms with van der Waals surface area (Å²) in [5, 5.41) is 10.0. The lowest BCUT2D eigenvalue weighted by Crippen LogP contribution is -2.47. The van der Waals surface area contributed by atoms with Crippen molar-refractivity contribution >= 4 is 34.4 Å². The Labute approximate surface area is 190 Å². The summed E-state index contributed by atoms with van der Waals surface area (Å²) in [6, 6.07) is 12.9. The third-order valence-corrected chi connectivity index (χ3v) is 6.14. The maximum absolute atomic E-state index is 9.53. The lowest BCUT2D eigenvalue weighted by atomic mass is 10.2. The van der Waals surface area contributed by atoms with Gasteiger partial charge in [-0.3, -0.25) is 4.57 Å². The van der Waals surface area contributed by atoms with Crippen molar-refractivity contribution in [2.24, 2.45) is 0 Å². The van der Waals surface area contributed by atoms with Crippen LogP contribution in [0.25, 0.3) is 16.9 Å². The molecule has 8 nitrogen and oxygen atoms in total. The Kier molecular flexibility index (Phi) is 5.22. The Morgan fingerprint density at radius 3 is 2.41 bits per heavy atom. The highest BCUT2D eigenvalue weighted by Gasteiger charge is 2.22. The average Bonchev–Trinajstić information content (AvgIpc) is 3.24. The van der Waals surface area contributed by atoms with E-state index in [2.05, 4.69) is 14.8 Å². The number of phenolic OH excluding ortho intramolecular Hbond substituents is 1. The number of hydrogen-bond donors (Lipinski definition) is 1. The zero-order valence-corrected chi connectivity index (χ0v) is 18.6. The number of ether oxygens (including phenoxy) is 1. The van der Waals surface area contributed by atoms with E-state index in [1.807, 2.05) is 41.8 Å². The molecule has 32 heavy (non-hydrogen) atoms. The summed E-state index contributed by atoms with van der Waals surface area (Å²) in [6.07, 6.45) is 1.72. The van der Waals surface area contributed by atoms with Gasteiger partial charge in [-0.15, -0.1) is 0 Å². The number of methoxy groups -OCH3 is 1. The van der Waals surface area contributed by atoms with Crippen molar-refractivity contribution in [2.75, 3.05) is 43.1 Å². The molecule has 0 bridgehead atoms. The smallest absolute Gasteiger partial charge is 0.227 e. The van der Waals surface area contributed by atoms with Crippen molar-refractivity contribution in [3.8, 4) is 17.2 Å². The van der Waals surface area contributed by atoms with Gasteiger partial charge in [0.15, 0.2) is 5.65 Å². The van der Waals surface area contributed by atoms with E-state index in [4.69, 9.17) is 26.3 Å². The van der Waals surface area contributed by atoms with Crippen molar-refractivity contribution in [3.05, 3.63) is 59.5 Å². The highest BCUT2D eigenvalue weighted by molar-refractivity contribution is 6.34. The summed E-state index contributed by atoms with van der Waals surface area (Å²) in [4.78, 5) is 18.6. The summed E-state index contributed by atoms with van der Waals surface area (Å²) in [5.41, 5.74) is 4.14. The van der Waals surface area contributed by atoms with Crippen molar-refractivity contribution in [1.29, 1.82) is 0 Å². The van der Waals surface area contributed by atoms with Crippen LogP contribution in [0.15, 0.2) is 48.8 Å². The number of aromatic hydroxyl groups is 1. The molecule has 1 fully saturated rings. The van der Waals surface area contributed by atoms with E-state index in [1.165, 1.54) is 0 Å². The number of piperazine rings is 1. The molecule has 1 saturated heterocycles. The Hall–Kier alpha value is -3.52. The van der Waals surface area contributed by atoms with Crippen molar-refractivity contribution in [1.82, 2.24) is 19.5 Å². The second kappa shape index (κ2) is 8.20. The number of imidazole rings is 1. The number of anilines is 2. The van der Waals surface area contributed by atoms with Crippen LogP contribution in [0.3, 0.4) is 0 Å². The first kappa shape index (κ1) is 20.4. The molecule has 0 aliphatic carbocycles. The standard InChI is InChI=1S/C23H23ClN6O2/c1-15-21-22(30(14-25-21)18-4-3-5-19(32-2)20(18)24)27-23(26-15)29-12-10-28(11-13-29)16-6-8-17(31)9-7-16/h3-9,14,31H,10-13H2,1-2H3. The first-order chi connectivity index (χ1) is 15.5. The maximum Gasteiger partial charge on any atom is 0.227 e. The number of aromatic nitrogens is 4. The Balaban J connectivity index is 1.45. The van der Waals surface area contributed by atoms with E-state index in [9.17, 15) is 5.11 Å². The van der Waals surface area contributed by atoms with E-state index in [0.29, 0.717) is 22.4 Å². The van der Waals surface area contributed by atoms with Crippen LogP contribution >= 0.6 is 11.6 Å². The zero-order chi connectivity index (χ0) is 22.2. The predicted molar refractivity (Wildman–Crippen MR) is 125 cm³/mol. The minimum atomic E-state index is 0.275. The van der Waals surface area contributed by atoms with Crippen LogP contribution in [0.5, 0.6) is 11.5 Å². The molecule has 0 amide bonds. The lowest BCUT2D eigenvalue weighted by Gasteiger charge is -2.36. The van der Waals surface area contributed by atoms with Crippen LogP contribution in [-0.2, 0) is 0 Å². The molecule has 1 N–H and O–H groups in total. The summed E-state index contributed by atoms with van der Waals surface area (Å²) in [5.74, 6) is 1.56. The molecule has 0 unspecified atom stereocenters. The minimum Gasteiger partial charge on any atom is -0.508 e. The van der Waals surface area contributed by atoms with Gasteiger partial charge in [-0.1, -0.05) is 17.7 Å². The highest BCUT2D eigenvalue weighted by Crippen LogP contribution is 2.32. The van der Waals surface area contributed by atoms with Crippen LogP contribution < -0.4 is 14.5 Å². The van der Waals surface area contributed by atoms with Crippen LogP contribution in [0.1, 0.15) is 5.69 Å². The number of aryl methyl sites for hydroxylation is 1. The van der Waals surface area contributed by atoms with E-state index >= 15 is 0 Å². The molecule has 2 aromatic carbocycles. The van der Waals surface area contributed by atoms with E-state index in [-0.39, 0.29) is 5.75 Å². The quantitative estimate of drug-likeness (QED) is 0.506. The average molecular weight is 451 g/mol. The molecular formula is C23H23ClN6O2. The molecule has 1 aliphatic rings. The second-order valence-corrected chi connectivity index (χ2v) is 8.06. The van der Waals surface area contributed by atoms with Gasteiger partial charge in [0.05, 0.1) is 18.5 Å². The molecule has 2 aromatic heterocycles. The topological polar surface area (TPSA) is 79.5 Å². The van der Waals surface area contributed by atoms with Crippen LogP contribution in [0.4, 0.5) is 11.6 Å². The number of nitrogens with zero attached hydrogens (tertiary/aromatic N) is 6. The van der Waals surface area contributed by atoms with Gasteiger partial charge < -0.3 is 19.6 Å². The molecule has 4 aromatic rings. The van der Waals surface area contributed by atoms with Gasteiger partial charge >= 0.3 is 0 Å². The van der Waals surface area contributed by atoms with Crippen molar-refractivity contribution in [3.63, 3.8) is 0 Å². The Bertz CT molecular complexity index is 1270. The molecule has 0 saturated carbocycles. The zero-order valence-electron chi connectivity index (χ0n) is 17.9. The van der Waals surface area contributed by atoms with E-state index in [1.54, 1.807) is 25.6 Å². The summed E-state index contributed by atoms with van der Waals surface area (Å²) >= 11 is 6.56. The van der Waals surface area contributed by atoms with Crippen LogP contribution in [0.2, 0.25) is 5.02 Å². The normalized spacial score (nSPS) is 14.2. The number of benzene rings is 2. The fourth-order valence-corrected chi connectivity index (χ4v) is 4.31. The predicted octanol–water partition coefficient (Wildman–Crippen LogP) is 3.82. The number of phenols is 1. The van der Waals surface area contributed by atoms with Gasteiger partial charge in [0.1, 0.15) is 28.4 Å². The number of fused-ring (bicyclic) bond motifs is 1. The maximum atomic E-state index is 9.53. The molecular weight excluding hydrogens is 428 g/mol. The van der Waals surface area contributed by atoms with Crippen LogP contribution in [-0.4, -0.2) is 57.9 Å². The largest absolute Gasteiger partial charge is 0.508 e. The SMILES string of the molecule is COc1cccc(-n2cnc3c(C)nc(N4CCN(c5ccc(O)cc5)CC4)nc32)c1Cl. The number of rotatable bonds is 4. The van der Waals surface area contributed by atoms with E-state index in [0.717, 1.165) is 48.8 Å². The molecule has 9 heteroatoms. The fraction of sp³-hybridized carbons (Fsp3) is 0.261. The van der Waals surface area contributed by atoms with Gasteiger partial charge in [0, 0.05) is 31.9 Å². The highest BCUT2D eigenvalue weighted by atomic mass is 35.5. The van der Waals surface area contributed by atoms with Crippen LogP contribution in [0, 0.1) is 6.92 Å². The summed E-state index contributed by atoms with van der Waals surface area (Å²) in [7, 11) is 1.60. The first-order valence-corrected chi connectivity index (χ1v) is 10.8. The van der Waals surface area contributed by atoms with E-state index < -0.39 is 0 Å². The number of hydrogen-bond acceptors (Lipinski definition) is 7. The first-order valence-electron chi connectivity index (χ1n) is 10.4. The monoisotopic (exact) mass is 450 g/mol. The third kappa shape index (κ3) is 3.56. The molecule has 0 atom stereocenters. The van der Waals surface area contributed by atoms with Gasteiger partial charge in [-0.2, -0.15) is 4.98 Å². The summed E-state index contributed by atoms with van der Waals surface area (Å²) in [6.45, 7) is 5.21. The molecule has 1 aliphatic heterocycles. The Morgan fingerprint density at radius 2 is 1.69 bits per heavy atom. The molecule has 3 heterocycles. The van der Waals surface area contributed by atoms with Gasteiger partial charge in [-0.05, 0) is 43.3 Å². The third-order valence-electron chi connectivity index (χ3n) is 5.76. The lowest BCUT2D eigenvalue weighted by molar-refractivity contribution is 0.415. The van der Waals surface area contributed by atoms with Gasteiger partial charge in [0.2, 0.25) is 5.95 Å². The molecule has 0 spiro atoms. The van der Waals surface area contributed by atoms with Crippen molar-refractivity contribution < 1.29 is 9.84 Å². The fourth-order valence-electron chi connectivity index (χ4n) is 4.02. The Morgan fingerprint density at radius 1 is 0.969 bits per heavy atom. The second-order valence-electron chi connectivity index (χ2n) is 7.68. The van der Waals surface area contributed by atoms with Crippen molar-refractivity contribution in [2.45, 2.75) is 6.92 Å². The molecule has 164 valence electrons. The van der Waals surface area contributed by atoms with Gasteiger partial charge in [-0.25, -0.2) is 9.97 Å².